The van der Waals surface area contributed by atoms with Crippen molar-refractivity contribution in [1.29, 1.82) is 0 Å². The molecule has 0 amide bonds. The lowest BCUT2D eigenvalue weighted by molar-refractivity contribution is 0.524. The minimum atomic E-state index is -0.126. The number of alkyl halides is 1. The summed E-state index contributed by atoms with van der Waals surface area (Å²) in [4.78, 5) is 0.516. The highest BCUT2D eigenvalue weighted by Crippen LogP contribution is 2.33. The van der Waals surface area contributed by atoms with Gasteiger partial charge in [-0.05, 0) is 42.9 Å². The van der Waals surface area contributed by atoms with Gasteiger partial charge in [0.2, 0.25) is 0 Å². The molecule has 82 valence electrons. The molecule has 1 aliphatic rings. The topological polar surface area (TPSA) is 0 Å². The summed E-state index contributed by atoms with van der Waals surface area (Å²) in [7, 11) is 0. The third-order valence-corrected chi connectivity index (χ3v) is 4.30. The second kappa shape index (κ2) is 5.11. The van der Waals surface area contributed by atoms with Gasteiger partial charge in [0.05, 0.1) is 0 Å². The van der Waals surface area contributed by atoms with Crippen molar-refractivity contribution in [3.05, 3.63) is 35.6 Å². The largest absolute Gasteiger partial charge is 0.207 e. The molecule has 1 aliphatic carbocycles. The van der Waals surface area contributed by atoms with Gasteiger partial charge in [0, 0.05) is 4.83 Å². The average Bonchev–Trinajstić information content (AvgIpc) is 2.70. The molecule has 2 rings (SSSR count). The Hall–Kier alpha value is -0.370. The highest BCUT2D eigenvalue weighted by molar-refractivity contribution is 9.09. The molecule has 0 nitrogen and oxygen atoms in total. The van der Waals surface area contributed by atoms with Crippen LogP contribution >= 0.6 is 15.9 Å². The fourth-order valence-corrected chi connectivity index (χ4v) is 3.28. The van der Waals surface area contributed by atoms with E-state index in [2.05, 4.69) is 15.9 Å². The molecule has 1 saturated carbocycles. The van der Waals surface area contributed by atoms with Crippen LogP contribution in [-0.2, 0) is 6.42 Å². The number of hydrogen-bond acceptors (Lipinski definition) is 0. The standard InChI is InChI=1S/C13H16BrF/c14-13(11-5-1-2-6-11)9-10-4-3-7-12(15)8-10/h3-4,7-8,11,13H,1-2,5-6,9H2. The molecule has 0 bridgehead atoms. The van der Waals surface area contributed by atoms with Gasteiger partial charge in [0.25, 0.3) is 0 Å². The Morgan fingerprint density at radius 1 is 1.33 bits per heavy atom. The Bertz CT molecular complexity index is 318. The summed E-state index contributed by atoms with van der Waals surface area (Å²) in [5, 5.41) is 0. The zero-order chi connectivity index (χ0) is 10.7. The summed E-state index contributed by atoms with van der Waals surface area (Å²) in [6, 6.07) is 6.94. The minimum absolute atomic E-state index is 0.126. The van der Waals surface area contributed by atoms with Gasteiger partial charge in [-0.15, -0.1) is 0 Å². The average molecular weight is 271 g/mol. The van der Waals surface area contributed by atoms with E-state index in [1.165, 1.54) is 31.7 Å². The van der Waals surface area contributed by atoms with E-state index < -0.39 is 0 Å². The summed E-state index contributed by atoms with van der Waals surface area (Å²) in [6.45, 7) is 0. The zero-order valence-corrected chi connectivity index (χ0v) is 10.3. The van der Waals surface area contributed by atoms with E-state index >= 15 is 0 Å². The summed E-state index contributed by atoms with van der Waals surface area (Å²) in [5.74, 6) is 0.659. The molecule has 1 fully saturated rings. The summed E-state index contributed by atoms with van der Waals surface area (Å²) in [5.41, 5.74) is 1.10. The van der Waals surface area contributed by atoms with Crippen molar-refractivity contribution in [3.63, 3.8) is 0 Å². The second-order valence-electron chi connectivity index (χ2n) is 4.39. The van der Waals surface area contributed by atoms with Crippen LogP contribution < -0.4 is 0 Å². The van der Waals surface area contributed by atoms with Gasteiger partial charge in [-0.3, -0.25) is 0 Å². The molecule has 0 radical (unpaired) electrons. The Morgan fingerprint density at radius 2 is 2.07 bits per heavy atom. The van der Waals surface area contributed by atoms with Crippen molar-refractivity contribution in [2.45, 2.75) is 36.9 Å². The molecule has 15 heavy (non-hydrogen) atoms. The lowest BCUT2D eigenvalue weighted by Gasteiger charge is -2.16. The van der Waals surface area contributed by atoms with Crippen molar-refractivity contribution >= 4 is 15.9 Å². The van der Waals surface area contributed by atoms with Crippen molar-refractivity contribution in [1.82, 2.24) is 0 Å². The Labute approximate surface area is 99.0 Å². The highest BCUT2D eigenvalue weighted by atomic mass is 79.9. The first-order valence-electron chi connectivity index (χ1n) is 5.64. The first-order chi connectivity index (χ1) is 7.25. The quantitative estimate of drug-likeness (QED) is 0.718. The van der Waals surface area contributed by atoms with Gasteiger partial charge in [0.1, 0.15) is 5.82 Å². The number of hydrogen-bond donors (Lipinski definition) is 0. The van der Waals surface area contributed by atoms with E-state index in [9.17, 15) is 4.39 Å². The van der Waals surface area contributed by atoms with E-state index in [1.807, 2.05) is 6.07 Å². The van der Waals surface area contributed by atoms with Crippen LogP contribution in [0.3, 0.4) is 0 Å². The lowest BCUT2D eigenvalue weighted by atomic mass is 9.98. The Kier molecular flexibility index (Phi) is 3.79. The van der Waals surface area contributed by atoms with E-state index in [0.29, 0.717) is 4.83 Å². The van der Waals surface area contributed by atoms with Crippen LogP contribution in [0, 0.1) is 11.7 Å². The molecule has 0 aliphatic heterocycles. The fraction of sp³-hybridized carbons (Fsp3) is 0.538. The van der Waals surface area contributed by atoms with Gasteiger partial charge < -0.3 is 0 Å². The van der Waals surface area contributed by atoms with Gasteiger partial charge in [-0.1, -0.05) is 40.9 Å². The second-order valence-corrected chi connectivity index (χ2v) is 5.57. The van der Waals surface area contributed by atoms with Crippen LogP contribution in [0.2, 0.25) is 0 Å². The van der Waals surface area contributed by atoms with E-state index in [1.54, 1.807) is 12.1 Å². The van der Waals surface area contributed by atoms with Crippen LogP contribution in [0.15, 0.2) is 24.3 Å². The maximum Gasteiger partial charge on any atom is 0.123 e. The molecular weight excluding hydrogens is 255 g/mol. The smallest absolute Gasteiger partial charge is 0.123 e. The van der Waals surface area contributed by atoms with Crippen LogP contribution in [0.1, 0.15) is 31.2 Å². The molecule has 0 heterocycles. The van der Waals surface area contributed by atoms with Crippen molar-refractivity contribution in [2.24, 2.45) is 5.92 Å². The first-order valence-corrected chi connectivity index (χ1v) is 6.56. The minimum Gasteiger partial charge on any atom is -0.207 e. The molecule has 0 spiro atoms. The SMILES string of the molecule is Fc1cccc(CC(Br)C2CCCC2)c1. The van der Waals surface area contributed by atoms with Gasteiger partial charge >= 0.3 is 0 Å². The predicted octanol–water partition coefficient (Wildman–Crippen LogP) is 4.32. The molecule has 1 aromatic rings. The maximum atomic E-state index is 13.0. The number of rotatable bonds is 3. The van der Waals surface area contributed by atoms with Gasteiger partial charge in [-0.25, -0.2) is 4.39 Å². The molecule has 2 heteroatoms. The summed E-state index contributed by atoms with van der Waals surface area (Å²) >= 11 is 3.74. The normalized spacial score (nSPS) is 19.3. The van der Waals surface area contributed by atoms with Crippen molar-refractivity contribution in [3.8, 4) is 0 Å². The third kappa shape index (κ3) is 3.04. The molecule has 0 aromatic heterocycles. The molecular formula is C13H16BrF. The molecule has 1 aromatic carbocycles. The van der Waals surface area contributed by atoms with Crippen LogP contribution in [0.5, 0.6) is 0 Å². The third-order valence-electron chi connectivity index (χ3n) is 3.23. The van der Waals surface area contributed by atoms with Gasteiger partial charge in [-0.2, -0.15) is 0 Å². The highest BCUT2D eigenvalue weighted by Gasteiger charge is 2.22. The monoisotopic (exact) mass is 270 g/mol. The Balaban J connectivity index is 1.95. The summed E-state index contributed by atoms with van der Waals surface area (Å²) < 4.78 is 13.0. The van der Waals surface area contributed by atoms with Crippen molar-refractivity contribution < 1.29 is 4.39 Å². The van der Waals surface area contributed by atoms with E-state index in [4.69, 9.17) is 0 Å². The van der Waals surface area contributed by atoms with Crippen LogP contribution in [0.4, 0.5) is 4.39 Å². The molecule has 1 atom stereocenters. The zero-order valence-electron chi connectivity index (χ0n) is 8.76. The van der Waals surface area contributed by atoms with Crippen LogP contribution in [0.25, 0.3) is 0 Å². The maximum absolute atomic E-state index is 13.0. The fourth-order valence-electron chi connectivity index (χ4n) is 2.37. The summed E-state index contributed by atoms with van der Waals surface area (Å²) in [6.07, 6.45) is 6.31. The molecule has 0 N–H and O–H groups in total. The van der Waals surface area contributed by atoms with E-state index in [0.717, 1.165) is 17.9 Å². The van der Waals surface area contributed by atoms with Crippen LogP contribution in [-0.4, -0.2) is 4.83 Å². The number of halogens is 2. The Morgan fingerprint density at radius 3 is 2.73 bits per heavy atom. The lowest BCUT2D eigenvalue weighted by Crippen LogP contribution is -2.13. The first kappa shape index (κ1) is 11.1. The molecule has 1 unspecified atom stereocenters. The van der Waals surface area contributed by atoms with Gasteiger partial charge in [0.15, 0.2) is 0 Å². The predicted molar refractivity (Wildman–Crippen MR) is 64.8 cm³/mol. The van der Waals surface area contributed by atoms with Crippen molar-refractivity contribution in [2.75, 3.05) is 0 Å². The number of benzene rings is 1. The van der Waals surface area contributed by atoms with E-state index in [-0.39, 0.29) is 5.82 Å². The molecule has 0 saturated heterocycles.